The van der Waals surface area contributed by atoms with E-state index in [1.165, 1.54) is 5.56 Å². The molecule has 30 heavy (non-hydrogen) atoms. The number of hydrogen-bond donors (Lipinski definition) is 1. The molecule has 1 aromatic carbocycles. The minimum atomic E-state index is -3.38. The number of rotatable bonds is 3. The molecule has 1 N–H and O–H groups in total. The van der Waals surface area contributed by atoms with Crippen molar-refractivity contribution in [2.75, 3.05) is 19.4 Å². The Hall–Kier alpha value is -1.64. The molecule has 3 atom stereocenters. The number of carbonyl (C=O) groups is 1. The average Bonchev–Trinajstić information content (AvgIpc) is 3.11. The maximum Gasteiger partial charge on any atom is 0.264 e. The van der Waals surface area contributed by atoms with Gasteiger partial charge in [-0.3, -0.25) is 4.79 Å². The normalized spacial score (nSPS) is 32.4. The summed E-state index contributed by atoms with van der Waals surface area (Å²) in [7, 11) is -3.38. The minimum Gasteiger partial charge on any atom is -0.480 e. The molecule has 4 aliphatic rings. The maximum atomic E-state index is 13.4. The lowest BCUT2D eigenvalue weighted by molar-refractivity contribution is -0.141. The molecule has 1 aliphatic carbocycles. The standard InChI is InChI=1S/C22H32N2O5S/c1-3-20-22(25)24-13-12-18(23-30(2,26)27)19(24)14-28-16-10-8-15(9-11-16)17-6-4-5-7-21(17)29-20/h4-7,15-16,18-20,23H,3,8-14H2,1-2H3/t15-,16+,18?,19?,20-/m0/s1. The first kappa shape index (κ1) is 21.6. The van der Waals surface area contributed by atoms with Crippen molar-refractivity contribution in [2.24, 2.45) is 0 Å². The molecule has 1 saturated carbocycles. The number of nitrogens with zero attached hydrogens (tertiary/aromatic N) is 1. The first-order chi connectivity index (χ1) is 14.4. The monoisotopic (exact) mass is 436 g/mol. The lowest BCUT2D eigenvalue weighted by Crippen LogP contribution is -2.52. The molecule has 3 heterocycles. The lowest BCUT2D eigenvalue weighted by Gasteiger charge is -2.32. The van der Waals surface area contributed by atoms with Gasteiger partial charge in [0.15, 0.2) is 6.10 Å². The molecule has 2 bridgehead atoms. The van der Waals surface area contributed by atoms with Crippen LogP contribution in [0.15, 0.2) is 24.3 Å². The van der Waals surface area contributed by atoms with Crippen molar-refractivity contribution >= 4 is 15.9 Å². The number of benzene rings is 1. The van der Waals surface area contributed by atoms with Gasteiger partial charge in [0.1, 0.15) is 5.75 Å². The molecule has 1 aromatic rings. The molecular formula is C22H32N2O5S. The molecule has 1 saturated heterocycles. The Labute approximate surface area is 179 Å². The van der Waals surface area contributed by atoms with Crippen molar-refractivity contribution in [3.63, 3.8) is 0 Å². The molecule has 0 radical (unpaired) electrons. The van der Waals surface area contributed by atoms with E-state index in [1.54, 1.807) is 4.90 Å². The summed E-state index contributed by atoms with van der Waals surface area (Å²) in [5, 5.41) is 0. The fraction of sp³-hybridized carbons (Fsp3) is 0.682. The number of sulfonamides is 1. The summed E-state index contributed by atoms with van der Waals surface area (Å²) in [6.07, 6.45) is 5.80. The summed E-state index contributed by atoms with van der Waals surface area (Å²) in [6.45, 7) is 2.79. The van der Waals surface area contributed by atoms with Crippen LogP contribution in [0.2, 0.25) is 0 Å². The highest BCUT2D eigenvalue weighted by Gasteiger charge is 2.42. The molecule has 166 valence electrons. The number of ether oxygens (including phenoxy) is 2. The fourth-order valence-corrected chi connectivity index (χ4v) is 5.92. The van der Waals surface area contributed by atoms with Crippen molar-refractivity contribution in [1.29, 1.82) is 0 Å². The van der Waals surface area contributed by atoms with Crippen molar-refractivity contribution < 1.29 is 22.7 Å². The summed E-state index contributed by atoms with van der Waals surface area (Å²) in [4.78, 5) is 15.2. The van der Waals surface area contributed by atoms with Crippen LogP contribution < -0.4 is 9.46 Å². The van der Waals surface area contributed by atoms with Gasteiger partial charge in [0.2, 0.25) is 10.0 Å². The highest BCUT2D eigenvalue weighted by atomic mass is 32.2. The van der Waals surface area contributed by atoms with E-state index in [0.717, 1.165) is 37.7 Å². The summed E-state index contributed by atoms with van der Waals surface area (Å²) >= 11 is 0. The summed E-state index contributed by atoms with van der Waals surface area (Å²) in [5.41, 5.74) is 1.18. The molecule has 2 fully saturated rings. The third-order valence-electron chi connectivity index (χ3n) is 6.65. The number of hydrogen-bond acceptors (Lipinski definition) is 5. The molecule has 7 nitrogen and oxygen atoms in total. The Morgan fingerprint density at radius 1 is 1.13 bits per heavy atom. The zero-order valence-corrected chi connectivity index (χ0v) is 18.6. The largest absolute Gasteiger partial charge is 0.480 e. The number of amides is 1. The third kappa shape index (κ3) is 4.65. The van der Waals surface area contributed by atoms with Gasteiger partial charge in [-0.15, -0.1) is 0 Å². The minimum absolute atomic E-state index is 0.0923. The van der Waals surface area contributed by atoms with Crippen LogP contribution in [0.4, 0.5) is 0 Å². The highest BCUT2D eigenvalue weighted by molar-refractivity contribution is 7.88. The Morgan fingerprint density at radius 2 is 1.87 bits per heavy atom. The molecule has 0 spiro atoms. The number of para-hydroxylation sites is 1. The molecule has 0 aromatic heterocycles. The zero-order chi connectivity index (χ0) is 21.3. The quantitative estimate of drug-likeness (QED) is 0.787. The molecule has 5 rings (SSSR count). The first-order valence-corrected chi connectivity index (χ1v) is 12.9. The molecule has 2 unspecified atom stereocenters. The second-order valence-corrected chi connectivity index (χ2v) is 10.5. The van der Waals surface area contributed by atoms with Gasteiger partial charge < -0.3 is 14.4 Å². The Kier molecular flexibility index (Phi) is 6.36. The van der Waals surface area contributed by atoms with Crippen LogP contribution in [0.1, 0.15) is 56.9 Å². The Bertz CT molecular complexity index is 866. The number of fused-ring (bicyclic) bond motifs is 5. The number of carbonyl (C=O) groups excluding carboxylic acids is 1. The maximum absolute atomic E-state index is 13.4. The molecule has 8 heteroatoms. The average molecular weight is 437 g/mol. The van der Waals surface area contributed by atoms with Gasteiger partial charge in [0, 0.05) is 12.6 Å². The van der Waals surface area contributed by atoms with E-state index in [0.29, 0.717) is 31.9 Å². The van der Waals surface area contributed by atoms with E-state index in [-0.39, 0.29) is 24.1 Å². The van der Waals surface area contributed by atoms with Crippen LogP contribution in [0.25, 0.3) is 0 Å². The second kappa shape index (κ2) is 8.85. The molecule has 3 aliphatic heterocycles. The van der Waals surface area contributed by atoms with Crippen molar-refractivity contribution in [1.82, 2.24) is 9.62 Å². The van der Waals surface area contributed by atoms with E-state index in [9.17, 15) is 13.2 Å². The van der Waals surface area contributed by atoms with Crippen LogP contribution in [0, 0.1) is 0 Å². The first-order valence-electron chi connectivity index (χ1n) is 11.0. The van der Waals surface area contributed by atoms with Gasteiger partial charge in [-0.05, 0) is 56.1 Å². The summed E-state index contributed by atoms with van der Waals surface area (Å²) in [5.74, 6) is 1.11. The van der Waals surface area contributed by atoms with Crippen LogP contribution in [0.3, 0.4) is 0 Å². The fourth-order valence-electron chi connectivity index (χ4n) is 5.09. The Morgan fingerprint density at radius 3 is 2.57 bits per heavy atom. The van der Waals surface area contributed by atoms with E-state index in [2.05, 4.69) is 10.8 Å². The molecule has 1 amide bonds. The van der Waals surface area contributed by atoms with E-state index >= 15 is 0 Å². The van der Waals surface area contributed by atoms with Crippen molar-refractivity contribution in [3.05, 3.63) is 29.8 Å². The van der Waals surface area contributed by atoms with Crippen LogP contribution in [-0.2, 0) is 19.6 Å². The highest BCUT2D eigenvalue weighted by Crippen LogP contribution is 2.39. The van der Waals surface area contributed by atoms with Crippen molar-refractivity contribution in [3.8, 4) is 5.75 Å². The van der Waals surface area contributed by atoms with Crippen LogP contribution >= 0.6 is 0 Å². The van der Waals surface area contributed by atoms with Gasteiger partial charge in [0.05, 0.1) is 25.0 Å². The lowest BCUT2D eigenvalue weighted by atomic mass is 9.82. The van der Waals surface area contributed by atoms with Crippen LogP contribution in [-0.4, -0.2) is 62.9 Å². The van der Waals surface area contributed by atoms with Crippen LogP contribution in [0.5, 0.6) is 5.75 Å². The van der Waals surface area contributed by atoms with Gasteiger partial charge in [-0.1, -0.05) is 25.1 Å². The van der Waals surface area contributed by atoms with Gasteiger partial charge in [0.25, 0.3) is 5.91 Å². The second-order valence-electron chi connectivity index (χ2n) is 8.74. The van der Waals surface area contributed by atoms with Crippen molar-refractivity contribution in [2.45, 2.75) is 75.7 Å². The number of nitrogens with one attached hydrogen (secondary N) is 1. The summed E-state index contributed by atoms with van der Waals surface area (Å²) < 4.78 is 39.0. The van der Waals surface area contributed by atoms with Gasteiger partial charge in [-0.25, -0.2) is 13.1 Å². The zero-order valence-electron chi connectivity index (χ0n) is 17.7. The SMILES string of the molecule is CC[C@@H]1Oc2ccccc2[C@H]2CC[C@H](CC2)OCC2C(NS(C)(=O)=O)CCN2C1=O. The predicted octanol–water partition coefficient (Wildman–Crippen LogP) is 2.42. The molecular weight excluding hydrogens is 404 g/mol. The smallest absolute Gasteiger partial charge is 0.264 e. The summed E-state index contributed by atoms with van der Waals surface area (Å²) in [6, 6.07) is 7.40. The predicted molar refractivity (Wildman–Crippen MR) is 114 cm³/mol. The van der Waals surface area contributed by atoms with E-state index in [1.807, 2.05) is 25.1 Å². The third-order valence-corrected chi connectivity index (χ3v) is 7.38. The van der Waals surface area contributed by atoms with E-state index in [4.69, 9.17) is 9.47 Å². The van der Waals surface area contributed by atoms with Gasteiger partial charge in [-0.2, -0.15) is 0 Å². The van der Waals surface area contributed by atoms with E-state index < -0.39 is 16.1 Å². The topological polar surface area (TPSA) is 84.9 Å². The van der Waals surface area contributed by atoms with Gasteiger partial charge >= 0.3 is 0 Å². The Balaban J connectivity index is 1.66.